The van der Waals surface area contributed by atoms with E-state index >= 15 is 0 Å². The predicted molar refractivity (Wildman–Crippen MR) is 123 cm³/mol. The molecule has 168 valence electrons. The zero-order chi connectivity index (χ0) is 23.1. The molecule has 7 heteroatoms. The molecule has 0 atom stereocenters. The fourth-order valence-electron chi connectivity index (χ4n) is 3.22. The van der Waals surface area contributed by atoms with Crippen LogP contribution in [0.1, 0.15) is 55.2 Å². The van der Waals surface area contributed by atoms with Gasteiger partial charge in [0.1, 0.15) is 23.6 Å². The molecule has 2 aromatic carbocycles. The minimum atomic E-state index is -0.488. The summed E-state index contributed by atoms with van der Waals surface area (Å²) in [4.78, 5) is 28.0. The maximum Gasteiger partial charge on any atom is 0.269 e. The van der Waals surface area contributed by atoms with Gasteiger partial charge in [0.05, 0.1) is 0 Å². The van der Waals surface area contributed by atoms with Gasteiger partial charge in [0.15, 0.2) is 0 Å². The van der Waals surface area contributed by atoms with Crippen LogP contribution in [-0.4, -0.2) is 28.6 Å². The van der Waals surface area contributed by atoms with Crippen LogP contribution in [0.25, 0.3) is 10.9 Å². The van der Waals surface area contributed by atoms with Crippen LogP contribution in [0.3, 0.4) is 0 Å². The van der Waals surface area contributed by atoms with Gasteiger partial charge in [-0.3, -0.25) is 14.8 Å². The van der Waals surface area contributed by atoms with Crippen LogP contribution in [0.2, 0.25) is 0 Å². The van der Waals surface area contributed by atoms with Crippen LogP contribution in [0.5, 0.6) is 5.75 Å². The molecule has 7 nitrogen and oxygen atoms in total. The fraction of sp³-hybridized carbons (Fsp3) is 0.320. The highest BCUT2D eigenvalue weighted by Crippen LogP contribution is 2.26. The van der Waals surface area contributed by atoms with Crippen molar-refractivity contribution in [2.24, 2.45) is 0 Å². The molecule has 3 aromatic rings. The molecule has 1 aromatic heterocycles. The molecule has 0 spiro atoms. The number of aromatic nitrogens is 1. The van der Waals surface area contributed by atoms with Gasteiger partial charge in [-0.25, -0.2) is 10.5 Å². The molecule has 0 saturated heterocycles. The molecule has 32 heavy (non-hydrogen) atoms. The number of para-hydroxylation sites is 1. The minimum Gasteiger partial charge on any atom is -0.487 e. The lowest BCUT2D eigenvalue weighted by Gasteiger charge is -2.19. The largest absolute Gasteiger partial charge is 0.487 e. The first-order valence-electron chi connectivity index (χ1n) is 10.6. The Morgan fingerprint density at radius 1 is 1.03 bits per heavy atom. The lowest BCUT2D eigenvalue weighted by atomic mass is 9.87. The number of benzene rings is 2. The van der Waals surface area contributed by atoms with Gasteiger partial charge in [-0.05, 0) is 35.1 Å². The lowest BCUT2D eigenvalue weighted by molar-refractivity contribution is -0.129. The van der Waals surface area contributed by atoms with E-state index in [4.69, 9.17) is 9.94 Å². The second-order valence-electron chi connectivity index (χ2n) is 8.65. The van der Waals surface area contributed by atoms with Crippen molar-refractivity contribution in [1.82, 2.24) is 15.8 Å². The van der Waals surface area contributed by atoms with Gasteiger partial charge in [-0.15, -0.1) is 0 Å². The van der Waals surface area contributed by atoms with E-state index in [0.717, 1.165) is 10.9 Å². The quantitative estimate of drug-likeness (QED) is 0.281. The van der Waals surface area contributed by atoms with E-state index in [1.165, 1.54) is 5.56 Å². The molecule has 3 rings (SSSR count). The zero-order valence-electron chi connectivity index (χ0n) is 18.6. The lowest BCUT2D eigenvalue weighted by Crippen LogP contribution is -2.27. The summed E-state index contributed by atoms with van der Waals surface area (Å²) in [6.07, 6.45) is 0.532. The summed E-state index contributed by atoms with van der Waals surface area (Å²) < 4.78 is 6.04. The summed E-state index contributed by atoms with van der Waals surface area (Å²) in [7, 11) is 0. The monoisotopic (exact) mass is 435 g/mol. The van der Waals surface area contributed by atoms with Crippen molar-refractivity contribution in [3.05, 3.63) is 71.4 Å². The van der Waals surface area contributed by atoms with Gasteiger partial charge in [0.2, 0.25) is 5.91 Å². The van der Waals surface area contributed by atoms with Crippen molar-refractivity contribution < 1.29 is 19.5 Å². The fourth-order valence-corrected chi connectivity index (χ4v) is 3.22. The Bertz CT molecular complexity index is 1090. The van der Waals surface area contributed by atoms with Gasteiger partial charge in [-0.2, -0.15) is 0 Å². The first-order chi connectivity index (χ1) is 15.3. The molecule has 0 bridgehead atoms. The van der Waals surface area contributed by atoms with E-state index in [0.29, 0.717) is 30.8 Å². The van der Waals surface area contributed by atoms with Crippen molar-refractivity contribution in [3.8, 4) is 5.75 Å². The van der Waals surface area contributed by atoms with Crippen LogP contribution in [0.15, 0.2) is 54.6 Å². The van der Waals surface area contributed by atoms with E-state index in [2.05, 4.69) is 55.3 Å². The van der Waals surface area contributed by atoms with Crippen molar-refractivity contribution in [2.45, 2.75) is 45.6 Å². The van der Waals surface area contributed by atoms with E-state index in [1.807, 2.05) is 24.3 Å². The summed E-state index contributed by atoms with van der Waals surface area (Å²) in [5.74, 6) is -0.210. The Morgan fingerprint density at radius 3 is 2.47 bits per heavy atom. The van der Waals surface area contributed by atoms with E-state index in [1.54, 1.807) is 11.5 Å². The maximum absolute atomic E-state index is 12.4. The smallest absolute Gasteiger partial charge is 0.269 e. The summed E-state index contributed by atoms with van der Waals surface area (Å²) in [5, 5.41) is 12.1. The van der Waals surface area contributed by atoms with Gasteiger partial charge in [0, 0.05) is 18.4 Å². The molecule has 1 heterocycles. The molecule has 0 unspecified atom stereocenters. The SMILES string of the molecule is CC(C)(C)c1ccc(COc2cccc3ccc(C(=O)NCCCC(=O)NO)nc23)cc1. The zero-order valence-corrected chi connectivity index (χ0v) is 18.6. The van der Waals surface area contributed by atoms with Crippen LogP contribution in [0, 0.1) is 0 Å². The third-order valence-electron chi connectivity index (χ3n) is 5.12. The number of hydroxylamine groups is 1. The van der Waals surface area contributed by atoms with E-state index in [-0.39, 0.29) is 23.4 Å². The number of carbonyl (C=O) groups excluding carboxylic acids is 2. The Labute approximate surface area is 187 Å². The van der Waals surface area contributed by atoms with Crippen molar-refractivity contribution >= 4 is 22.7 Å². The standard InChI is InChI=1S/C25H29N3O4/c1-25(2,3)19-12-9-17(10-13-19)16-32-21-7-4-6-18-11-14-20(27-23(18)21)24(30)26-15-5-8-22(29)28-31/h4,6-7,9-14,31H,5,8,15-16H2,1-3H3,(H,26,30)(H,28,29). The number of ether oxygens (including phenoxy) is 1. The van der Waals surface area contributed by atoms with Crippen molar-refractivity contribution in [1.29, 1.82) is 0 Å². The van der Waals surface area contributed by atoms with E-state index < -0.39 is 5.91 Å². The highest BCUT2D eigenvalue weighted by atomic mass is 16.5. The number of hydrogen-bond donors (Lipinski definition) is 3. The number of rotatable bonds is 8. The average molecular weight is 436 g/mol. The predicted octanol–water partition coefficient (Wildman–Crippen LogP) is 4.13. The molecule has 0 saturated carbocycles. The number of nitrogens with one attached hydrogen (secondary N) is 2. The highest BCUT2D eigenvalue weighted by Gasteiger charge is 2.14. The second kappa shape index (κ2) is 10.2. The normalized spacial score (nSPS) is 11.2. The van der Waals surface area contributed by atoms with Gasteiger partial charge in [-0.1, -0.05) is 63.2 Å². The first kappa shape index (κ1) is 23.2. The summed E-state index contributed by atoms with van der Waals surface area (Å²) in [5.41, 5.74) is 4.87. The Hall–Kier alpha value is -3.45. The number of fused-ring (bicyclic) bond motifs is 1. The van der Waals surface area contributed by atoms with Crippen LogP contribution >= 0.6 is 0 Å². The third-order valence-corrected chi connectivity index (χ3v) is 5.12. The molecular weight excluding hydrogens is 406 g/mol. The van der Waals surface area contributed by atoms with Crippen molar-refractivity contribution in [3.63, 3.8) is 0 Å². The molecule has 0 aliphatic carbocycles. The number of carbonyl (C=O) groups is 2. The Kier molecular flexibility index (Phi) is 7.43. The average Bonchev–Trinajstić information content (AvgIpc) is 2.79. The summed E-state index contributed by atoms with van der Waals surface area (Å²) >= 11 is 0. The topological polar surface area (TPSA) is 101 Å². The van der Waals surface area contributed by atoms with Gasteiger partial charge < -0.3 is 10.1 Å². The molecule has 0 aliphatic heterocycles. The molecule has 3 N–H and O–H groups in total. The van der Waals surface area contributed by atoms with E-state index in [9.17, 15) is 9.59 Å². The third kappa shape index (κ3) is 6.04. The van der Waals surface area contributed by atoms with Gasteiger partial charge >= 0.3 is 0 Å². The summed E-state index contributed by atoms with van der Waals surface area (Å²) in [6, 6.07) is 17.5. The number of nitrogens with zero attached hydrogens (tertiary/aromatic N) is 1. The highest BCUT2D eigenvalue weighted by molar-refractivity contribution is 5.96. The number of pyridine rings is 1. The van der Waals surface area contributed by atoms with Crippen molar-refractivity contribution in [2.75, 3.05) is 6.54 Å². The minimum absolute atomic E-state index is 0.0984. The summed E-state index contributed by atoms with van der Waals surface area (Å²) in [6.45, 7) is 7.24. The molecular formula is C25H29N3O4. The Morgan fingerprint density at radius 2 is 1.78 bits per heavy atom. The number of amides is 2. The molecule has 0 aliphatic rings. The van der Waals surface area contributed by atoms with Crippen LogP contribution < -0.4 is 15.5 Å². The molecule has 0 fully saturated rings. The number of hydrogen-bond acceptors (Lipinski definition) is 5. The second-order valence-corrected chi connectivity index (χ2v) is 8.65. The Balaban J connectivity index is 1.68. The molecule has 0 radical (unpaired) electrons. The van der Waals surface area contributed by atoms with Crippen LogP contribution in [0.4, 0.5) is 0 Å². The first-order valence-corrected chi connectivity index (χ1v) is 10.6. The molecule has 2 amide bonds. The maximum atomic E-state index is 12.4. The van der Waals surface area contributed by atoms with Gasteiger partial charge in [0.25, 0.3) is 5.91 Å². The van der Waals surface area contributed by atoms with Crippen LogP contribution in [-0.2, 0) is 16.8 Å².